The zero-order valence-corrected chi connectivity index (χ0v) is 16.6. The van der Waals surface area contributed by atoms with Crippen molar-refractivity contribution in [3.05, 3.63) is 35.4 Å². The largest absolute Gasteiger partial charge is 0.465 e. The van der Waals surface area contributed by atoms with E-state index in [9.17, 15) is 23.5 Å². The number of β-amino-alcohol motifs (C(OH)–C–C–N with tert-alkyl or cyclic N) is 1. The summed E-state index contributed by atoms with van der Waals surface area (Å²) in [6.07, 6.45) is -2.74. The lowest BCUT2D eigenvalue weighted by molar-refractivity contribution is -0.126. The third kappa shape index (κ3) is 8.18. The molecule has 0 radical (unpaired) electrons. The van der Waals surface area contributed by atoms with E-state index < -0.39 is 35.4 Å². The van der Waals surface area contributed by atoms with Crippen molar-refractivity contribution in [2.45, 2.75) is 51.8 Å². The van der Waals surface area contributed by atoms with Crippen LogP contribution in [0.2, 0.25) is 0 Å². The number of aliphatic hydroxyl groups is 1. The summed E-state index contributed by atoms with van der Waals surface area (Å²) in [5, 5.41) is 27.3. The molecule has 7 nitrogen and oxygen atoms in total. The summed E-state index contributed by atoms with van der Waals surface area (Å²) < 4.78 is 26.7. The molecule has 2 atom stereocenters. The zero-order chi connectivity index (χ0) is 21.5. The Labute approximate surface area is 163 Å². The number of benzene rings is 1. The molecular weight excluding hydrogens is 372 g/mol. The van der Waals surface area contributed by atoms with E-state index in [4.69, 9.17) is 5.11 Å². The number of carbonyl (C=O) groups excluding carboxylic acids is 1. The highest BCUT2D eigenvalue weighted by Gasteiger charge is 2.30. The van der Waals surface area contributed by atoms with Crippen LogP contribution >= 0.6 is 0 Å². The summed E-state index contributed by atoms with van der Waals surface area (Å²) in [5.74, 6) is -1.57. The molecule has 0 aliphatic rings. The summed E-state index contributed by atoms with van der Waals surface area (Å²) in [6.45, 7) is 7.59. The van der Waals surface area contributed by atoms with Gasteiger partial charge in [0.05, 0.1) is 17.7 Å². The van der Waals surface area contributed by atoms with Crippen LogP contribution < -0.4 is 16.0 Å². The summed E-state index contributed by atoms with van der Waals surface area (Å²) in [6, 6.07) is 1.83. The Kier molecular flexibility index (Phi) is 8.77. The molecule has 0 aromatic heterocycles. The number of hydrogen-bond acceptors (Lipinski definition) is 4. The first-order chi connectivity index (χ1) is 12.9. The van der Waals surface area contributed by atoms with Gasteiger partial charge in [-0.2, -0.15) is 0 Å². The van der Waals surface area contributed by atoms with Crippen LogP contribution in [0.25, 0.3) is 0 Å². The molecule has 0 saturated carbocycles. The van der Waals surface area contributed by atoms with E-state index in [2.05, 4.69) is 16.0 Å². The van der Waals surface area contributed by atoms with Crippen LogP contribution in [0.4, 0.5) is 13.6 Å². The van der Waals surface area contributed by atoms with Gasteiger partial charge in [-0.05, 0) is 43.9 Å². The van der Waals surface area contributed by atoms with Crippen molar-refractivity contribution >= 4 is 12.0 Å². The second-order valence-electron chi connectivity index (χ2n) is 7.71. The molecule has 1 rings (SSSR count). The number of amides is 2. The van der Waals surface area contributed by atoms with E-state index in [-0.39, 0.29) is 30.4 Å². The van der Waals surface area contributed by atoms with Gasteiger partial charge >= 0.3 is 6.09 Å². The lowest BCUT2D eigenvalue weighted by Crippen LogP contribution is -2.57. The molecule has 1 aromatic rings. The third-order valence-electron chi connectivity index (χ3n) is 4.14. The molecule has 158 valence electrons. The summed E-state index contributed by atoms with van der Waals surface area (Å²) in [7, 11) is 0. The molecule has 0 heterocycles. The van der Waals surface area contributed by atoms with Crippen molar-refractivity contribution < 1.29 is 28.6 Å². The molecular formula is C19H29F2N3O4. The lowest BCUT2D eigenvalue weighted by Gasteiger charge is -2.29. The fourth-order valence-electron chi connectivity index (χ4n) is 2.52. The molecule has 0 saturated heterocycles. The number of nitrogens with one attached hydrogen (secondary N) is 3. The molecule has 0 bridgehead atoms. The minimum Gasteiger partial charge on any atom is -0.465 e. The fourth-order valence-corrected chi connectivity index (χ4v) is 2.52. The summed E-state index contributed by atoms with van der Waals surface area (Å²) in [4.78, 5) is 23.3. The van der Waals surface area contributed by atoms with Crippen molar-refractivity contribution in [3.63, 3.8) is 0 Å². The highest BCUT2D eigenvalue weighted by molar-refractivity contribution is 5.85. The van der Waals surface area contributed by atoms with Crippen LogP contribution in [0.1, 0.15) is 33.3 Å². The van der Waals surface area contributed by atoms with Crippen molar-refractivity contribution in [1.82, 2.24) is 16.0 Å². The van der Waals surface area contributed by atoms with E-state index in [1.165, 1.54) is 0 Å². The Morgan fingerprint density at radius 2 is 1.68 bits per heavy atom. The van der Waals surface area contributed by atoms with Crippen LogP contribution in [-0.4, -0.2) is 53.0 Å². The first kappa shape index (κ1) is 23.8. The van der Waals surface area contributed by atoms with Crippen LogP contribution in [0.15, 0.2) is 18.2 Å². The molecule has 0 fully saturated rings. The molecule has 0 aliphatic heterocycles. The van der Waals surface area contributed by atoms with E-state index in [1.807, 2.05) is 13.8 Å². The lowest BCUT2D eigenvalue weighted by atomic mass is 9.99. The Morgan fingerprint density at radius 1 is 1.11 bits per heavy atom. The normalized spacial score (nSPS) is 13.9. The summed E-state index contributed by atoms with van der Waals surface area (Å²) in [5.41, 5.74) is -0.807. The molecule has 0 spiro atoms. The van der Waals surface area contributed by atoms with E-state index in [0.717, 1.165) is 12.1 Å². The van der Waals surface area contributed by atoms with Crippen molar-refractivity contribution in [2.24, 2.45) is 5.92 Å². The number of rotatable bonds is 10. The molecule has 0 aliphatic carbocycles. The Bertz CT molecular complexity index is 663. The van der Waals surface area contributed by atoms with Crippen LogP contribution in [-0.2, 0) is 11.2 Å². The van der Waals surface area contributed by atoms with Gasteiger partial charge < -0.3 is 26.2 Å². The molecule has 9 heteroatoms. The smallest absolute Gasteiger partial charge is 0.404 e. The predicted octanol–water partition coefficient (Wildman–Crippen LogP) is 1.64. The maximum Gasteiger partial charge on any atom is 0.404 e. The number of hydrogen-bond donors (Lipinski definition) is 5. The van der Waals surface area contributed by atoms with Gasteiger partial charge in [-0.15, -0.1) is 0 Å². The first-order valence-electron chi connectivity index (χ1n) is 9.06. The van der Waals surface area contributed by atoms with Gasteiger partial charge in [-0.1, -0.05) is 13.8 Å². The second kappa shape index (κ2) is 10.3. The maximum atomic E-state index is 13.4. The first-order valence-corrected chi connectivity index (χ1v) is 9.06. The van der Waals surface area contributed by atoms with Crippen LogP contribution in [0.3, 0.4) is 0 Å². The molecule has 1 aromatic carbocycles. The van der Waals surface area contributed by atoms with Gasteiger partial charge in [0.2, 0.25) is 5.91 Å². The van der Waals surface area contributed by atoms with Crippen LogP contribution in [0.5, 0.6) is 0 Å². The van der Waals surface area contributed by atoms with Gasteiger partial charge in [0.15, 0.2) is 0 Å². The zero-order valence-electron chi connectivity index (χ0n) is 16.6. The fraction of sp³-hybridized carbons (Fsp3) is 0.579. The number of carbonyl (C=O) groups is 2. The standard InChI is InChI=1S/C19H29F2N3O4/c1-11(2)9-22-17(26)19(3,4)23-10-16(25)15(24-18(27)28)7-12-5-13(20)8-14(21)6-12/h5-6,8,11,15-16,23-25H,7,9-10H2,1-4H3,(H,22,26)(H,27,28)/t15-,16-/m0/s1. The second-order valence-corrected chi connectivity index (χ2v) is 7.71. The molecule has 2 amide bonds. The SMILES string of the molecule is CC(C)CNC(=O)C(C)(C)NC[C@H](O)[C@H](Cc1cc(F)cc(F)c1)NC(=O)O. The van der Waals surface area contributed by atoms with E-state index >= 15 is 0 Å². The molecule has 28 heavy (non-hydrogen) atoms. The monoisotopic (exact) mass is 401 g/mol. The van der Waals surface area contributed by atoms with Gasteiger partial charge in [0.1, 0.15) is 11.6 Å². The van der Waals surface area contributed by atoms with E-state index in [0.29, 0.717) is 12.6 Å². The van der Waals surface area contributed by atoms with Gasteiger partial charge in [-0.25, -0.2) is 13.6 Å². The average molecular weight is 401 g/mol. The highest BCUT2D eigenvalue weighted by Crippen LogP contribution is 2.12. The Morgan fingerprint density at radius 3 is 2.18 bits per heavy atom. The van der Waals surface area contributed by atoms with Crippen molar-refractivity contribution in [1.29, 1.82) is 0 Å². The topological polar surface area (TPSA) is 111 Å². The number of carboxylic acid groups (broad SMARTS) is 1. The Hall–Kier alpha value is -2.26. The average Bonchev–Trinajstić information content (AvgIpc) is 2.55. The third-order valence-corrected chi connectivity index (χ3v) is 4.14. The molecule has 5 N–H and O–H groups in total. The maximum absolute atomic E-state index is 13.4. The highest BCUT2D eigenvalue weighted by atomic mass is 19.1. The quantitative estimate of drug-likeness (QED) is 0.409. The van der Waals surface area contributed by atoms with E-state index in [1.54, 1.807) is 13.8 Å². The van der Waals surface area contributed by atoms with Crippen LogP contribution in [0, 0.1) is 17.6 Å². The minimum atomic E-state index is -1.38. The predicted molar refractivity (Wildman–Crippen MR) is 101 cm³/mol. The number of aliphatic hydroxyl groups excluding tert-OH is 1. The Balaban J connectivity index is 2.77. The van der Waals surface area contributed by atoms with Crippen molar-refractivity contribution in [2.75, 3.05) is 13.1 Å². The van der Waals surface area contributed by atoms with Gasteiger partial charge in [-0.3, -0.25) is 4.79 Å². The van der Waals surface area contributed by atoms with Gasteiger partial charge in [0, 0.05) is 19.2 Å². The molecule has 0 unspecified atom stereocenters. The number of halogens is 2. The van der Waals surface area contributed by atoms with Gasteiger partial charge in [0.25, 0.3) is 0 Å². The summed E-state index contributed by atoms with van der Waals surface area (Å²) >= 11 is 0. The van der Waals surface area contributed by atoms with Crippen molar-refractivity contribution in [3.8, 4) is 0 Å². The minimum absolute atomic E-state index is 0.106.